The fourth-order valence-corrected chi connectivity index (χ4v) is 11.0. The summed E-state index contributed by atoms with van der Waals surface area (Å²) in [6.07, 6.45) is 4.51. The summed E-state index contributed by atoms with van der Waals surface area (Å²) in [7, 11) is 3.54. The third kappa shape index (κ3) is 13.3. The molecule has 6 aromatic rings. The number of amides is 6. The molecule has 0 bridgehead atoms. The first-order valence-corrected chi connectivity index (χ1v) is 27.7. The number of ether oxygens (including phenoxy) is 2. The van der Waals surface area contributed by atoms with Crippen molar-refractivity contribution in [3.63, 3.8) is 0 Å². The summed E-state index contributed by atoms with van der Waals surface area (Å²) in [4.78, 5) is 87.1. The van der Waals surface area contributed by atoms with Crippen LogP contribution in [-0.4, -0.2) is 135 Å². The minimum atomic E-state index is -0.476. The Morgan fingerprint density at radius 3 is 1.20 bits per heavy atom. The van der Waals surface area contributed by atoms with Crippen molar-refractivity contribution in [2.45, 2.75) is 37.8 Å². The minimum Gasteiger partial charge on any atom is -0.482 e. The quantitative estimate of drug-likeness (QED) is 0.0943. The number of hydrogen-bond acceptors (Lipinski definition) is 10. The molecule has 0 spiro atoms. The van der Waals surface area contributed by atoms with Gasteiger partial charge in [0.25, 0.3) is 11.8 Å². The van der Waals surface area contributed by atoms with Gasteiger partial charge in [0.05, 0.1) is 43.5 Å². The molecule has 0 aromatic heterocycles. The highest BCUT2D eigenvalue weighted by atomic mass is 35.5. The maximum Gasteiger partial charge on any atom is 0.265 e. The van der Waals surface area contributed by atoms with Gasteiger partial charge in [0.15, 0.2) is 13.2 Å². The normalized spacial score (nSPS) is 15.9. The molecular formula is C60H60Cl4N8O8. The summed E-state index contributed by atoms with van der Waals surface area (Å²) >= 11 is 24.7. The van der Waals surface area contributed by atoms with Crippen LogP contribution in [0.2, 0.25) is 20.1 Å². The summed E-state index contributed by atoms with van der Waals surface area (Å²) in [6.45, 7) is 4.58. The standard InChI is InChI=1S/2C30H30Cl2N4O4/c2*1-34(28(37)17-36-25-14-23(31)24(32)15-27(25)40-18-29(36)38)26(16-35-11-2-3-12-35)20-9-7-19(8-10-20)21-5-4-6-22(13-21)30(33)39/h2*4-10,13-15,26H,2-3,11-12,16-18H2,1H3,(H2,33,39)/t2*26-/m00/s1. The van der Waals surface area contributed by atoms with E-state index in [-0.39, 0.29) is 72.1 Å². The molecule has 4 heterocycles. The number of hydrogen-bond donors (Lipinski definition) is 2. The molecule has 2 atom stereocenters. The molecule has 4 aliphatic heterocycles. The Kier molecular flexibility index (Phi) is 18.3. The van der Waals surface area contributed by atoms with Crippen LogP contribution in [0, 0.1) is 0 Å². The van der Waals surface area contributed by atoms with Crippen LogP contribution < -0.4 is 30.7 Å². The molecule has 6 amide bonds. The number of rotatable bonds is 16. The van der Waals surface area contributed by atoms with Crippen LogP contribution in [0.5, 0.6) is 11.5 Å². The first-order valence-electron chi connectivity index (χ1n) is 26.2. The smallest absolute Gasteiger partial charge is 0.265 e. The highest BCUT2D eigenvalue weighted by Crippen LogP contribution is 2.41. The van der Waals surface area contributed by atoms with Gasteiger partial charge in [0, 0.05) is 50.4 Å². The fourth-order valence-electron chi connectivity index (χ4n) is 10.4. The Morgan fingerprint density at radius 2 is 0.850 bits per heavy atom. The lowest BCUT2D eigenvalue weighted by Crippen LogP contribution is -2.47. The van der Waals surface area contributed by atoms with Gasteiger partial charge in [-0.1, -0.05) is 119 Å². The fraction of sp³-hybridized carbons (Fsp3) is 0.300. The van der Waals surface area contributed by atoms with Crippen molar-refractivity contribution in [1.82, 2.24) is 19.6 Å². The molecule has 16 nitrogen and oxygen atoms in total. The maximum atomic E-state index is 13.7. The second-order valence-corrected chi connectivity index (χ2v) is 21.8. The van der Waals surface area contributed by atoms with Crippen molar-refractivity contribution in [2.24, 2.45) is 11.5 Å². The summed E-state index contributed by atoms with van der Waals surface area (Å²) in [5.74, 6) is -1.21. The number of anilines is 2. The number of nitrogens with two attached hydrogens (primary N) is 2. The van der Waals surface area contributed by atoms with Gasteiger partial charge in [-0.05, 0) is 122 Å². The summed E-state index contributed by atoms with van der Waals surface area (Å²) < 4.78 is 11.1. The van der Waals surface area contributed by atoms with Crippen molar-refractivity contribution in [3.8, 4) is 33.8 Å². The van der Waals surface area contributed by atoms with Crippen LogP contribution in [0.3, 0.4) is 0 Å². The highest BCUT2D eigenvalue weighted by Gasteiger charge is 2.34. The van der Waals surface area contributed by atoms with Crippen molar-refractivity contribution in [2.75, 3.05) is 89.5 Å². The largest absolute Gasteiger partial charge is 0.482 e. The Balaban J connectivity index is 0.000000194. The predicted molar refractivity (Wildman–Crippen MR) is 312 cm³/mol. The van der Waals surface area contributed by atoms with Crippen LogP contribution >= 0.6 is 46.4 Å². The van der Waals surface area contributed by atoms with Gasteiger partial charge in [-0.3, -0.25) is 38.6 Å². The first kappa shape index (κ1) is 57.5. The number of likely N-dealkylation sites (tertiary alicyclic amines) is 2. The number of halogens is 4. The van der Waals surface area contributed by atoms with Crippen molar-refractivity contribution < 1.29 is 38.2 Å². The molecule has 6 aromatic carbocycles. The lowest BCUT2D eigenvalue weighted by molar-refractivity contribution is -0.133. The van der Waals surface area contributed by atoms with E-state index in [9.17, 15) is 28.8 Å². The number of nitrogens with zero attached hydrogens (tertiary/aromatic N) is 6. The summed E-state index contributed by atoms with van der Waals surface area (Å²) in [5, 5.41) is 1.18. The van der Waals surface area contributed by atoms with E-state index in [4.69, 9.17) is 67.3 Å². The van der Waals surface area contributed by atoms with Gasteiger partial charge in [-0.15, -0.1) is 0 Å². The molecule has 0 unspecified atom stereocenters. The average molecular weight is 1160 g/mol. The van der Waals surface area contributed by atoms with Gasteiger partial charge in [-0.2, -0.15) is 0 Å². The van der Waals surface area contributed by atoms with Crippen LogP contribution in [0.4, 0.5) is 11.4 Å². The van der Waals surface area contributed by atoms with E-state index < -0.39 is 11.8 Å². The first-order chi connectivity index (χ1) is 38.4. The molecule has 416 valence electrons. The van der Waals surface area contributed by atoms with Crippen molar-refractivity contribution >= 4 is 93.2 Å². The Bertz CT molecular complexity index is 3100. The summed E-state index contributed by atoms with van der Waals surface area (Å²) in [5.41, 5.74) is 18.2. The van der Waals surface area contributed by atoms with E-state index in [1.165, 1.54) is 9.80 Å². The van der Waals surface area contributed by atoms with Gasteiger partial charge < -0.3 is 40.5 Å². The Labute approximate surface area is 484 Å². The maximum absolute atomic E-state index is 13.7. The number of primary amides is 2. The predicted octanol–water partition coefficient (Wildman–Crippen LogP) is 9.56. The third-order valence-corrected chi connectivity index (χ3v) is 16.5. The molecule has 20 heteroatoms. The van der Waals surface area contributed by atoms with Crippen molar-refractivity contribution in [3.05, 3.63) is 164 Å². The van der Waals surface area contributed by atoms with Gasteiger partial charge in [0.2, 0.25) is 23.6 Å². The van der Waals surface area contributed by atoms with E-state index in [0.717, 1.165) is 85.2 Å². The van der Waals surface area contributed by atoms with Crippen LogP contribution in [-0.2, 0) is 19.2 Å². The van der Waals surface area contributed by atoms with Crippen LogP contribution in [0.15, 0.2) is 121 Å². The van der Waals surface area contributed by atoms with E-state index in [1.807, 2.05) is 60.7 Å². The SMILES string of the molecule is CN(C(=O)CN1C(=O)COc2cc(Cl)c(Cl)cc21)[C@@H](CN1CCCC1)c1ccc(-c2cccc(C(N)=O)c2)cc1.CN(C(=O)CN1C(=O)COc2cc(Cl)c(Cl)cc21)[C@@H](CN1CCCC1)c1ccc(-c2cccc(C(N)=O)c2)cc1. The Morgan fingerprint density at radius 1 is 0.500 bits per heavy atom. The number of carbonyl (C=O) groups is 6. The van der Waals surface area contributed by atoms with Crippen molar-refractivity contribution in [1.29, 1.82) is 0 Å². The Hall–Kier alpha value is -7.18. The molecule has 0 saturated carbocycles. The van der Waals surface area contributed by atoms with E-state index in [2.05, 4.69) is 9.80 Å². The highest BCUT2D eigenvalue weighted by molar-refractivity contribution is 6.43. The summed E-state index contributed by atoms with van der Waals surface area (Å²) in [6, 6.07) is 36.1. The average Bonchev–Trinajstić information content (AvgIpc) is 4.26. The van der Waals surface area contributed by atoms with Gasteiger partial charge >= 0.3 is 0 Å². The van der Waals surface area contributed by atoms with Crippen LogP contribution in [0.25, 0.3) is 22.3 Å². The molecule has 4 N–H and O–H groups in total. The number of benzene rings is 6. The molecule has 2 fully saturated rings. The number of carbonyl (C=O) groups excluding carboxylic acids is 6. The second kappa shape index (κ2) is 25.5. The monoisotopic (exact) mass is 1160 g/mol. The zero-order valence-corrected chi connectivity index (χ0v) is 47.2. The van der Waals surface area contributed by atoms with Crippen LogP contribution in [0.1, 0.15) is 69.6 Å². The lowest BCUT2D eigenvalue weighted by atomic mass is 9.98. The zero-order valence-electron chi connectivity index (χ0n) is 44.2. The lowest BCUT2D eigenvalue weighted by Gasteiger charge is -2.35. The van der Waals surface area contributed by atoms with Gasteiger partial charge in [0.1, 0.15) is 24.6 Å². The molecule has 2 saturated heterocycles. The molecule has 80 heavy (non-hydrogen) atoms. The second-order valence-electron chi connectivity index (χ2n) is 20.2. The topological polar surface area (TPSA) is 192 Å². The number of fused-ring (bicyclic) bond motifs is 2. The minimum absolute atomic E-state index is 0.155. The van der Waals surface area contributed by atoms with Gasteiger partial charge in [-0.25, -0.2) is 0 Å². The molecular weight excluding hydrogens is 1100 g/mol. The molecule has 0 aliphatic carbocycles. The van der Waals surface area contributed by atoms with E-state index in [0.29, 0.717) is 57.1 Å². The molecule has 10 rings (SSSR count). The zero-order chi connectivity index (χ0) is 56.8. The molecule has 0 radical (unpaired) electrons. The van der Waals surface area contributed by atoms with E-state index in [1.54, 1.807) is 84.6 Å². The molecule has 4 aliphatic rings. The third-order valence-electron chi connectivity index (χ3n) is 15.0. The number of likely N-dealkylation sites (N-methyl/N-ethyl adjacent to an activating group) is 2. The van der Waals surface area contributed by atoms with E-state index >= 15 is 0 Å².